The van der Waals surface area contributed by atoms with E-state index in [1.165, 1.54) is 25.7 Å². The molecule has 20 heavy (non-hydrogen) atoms. The Morgan fingerprint density at radius 3 is 3.00 bits per heavy atom. The van der Waals surface area contributed by atoms with E-state index in [1.807, 2.05) is 18.2 Å². The van der Waals surface area contributed by atoms with Gasteiger partial charge in [0.15, 0.2) is 0 Å². The van der Waals surface area contributed by atoms with E-state index < -0.39 is 0 Å². The van der Waals surface area contributed by atoms with Crippen LogP contribution in [0.1, 0.15) is 32.1 Å². The number of nitrogens with one attached hydrogen (secondary N) is 1. The molecule has 1 aromatic heterocycles. The summed E-state index contributed by atoms with van der Waals surface area (Å²) >= 11 is 0. The minimum atomic E-state index is 0.741. The number of nitrogens with zero attached hydrogens (tertiary/aromatic N) is 2. The standard InChI is InChI=1S/C16H20N4/c17-13-6-7-15-14(10-13)16(20-11-19-15)18-9-8-12-4-2-1-3-5-12/h4,6-7,10-11H,1-3,5,8-9,17H2,(H,18,19,20). The van der Waals surface area contributed by atoms with E-state index in [-0.39, 0.29) is 0 Å². The Bertz CT molecular complexity index is 633. The van der Waals surface area contributed by atoms with Gasteiger partial charge in [0.2, 0.25) is 0 Å². The van der Waals surface area contributed by atoms with Crippen molar-refractivity contribution in [3.8, 4) is 0 Å². The number of hydrogen-bond donors (Lipinski definition) is 2. The maximum Gasteiger partial charge on any atom is 0.137 e. The van der Waals surface area contributed by atoms with Gasteiger partial charge in [0.1, 0.15) is 12.1 Å². The number of nitrogen functional groups attached to an aromatic ring is 1. The number of hydrogen-bond acceptors (Lipinski definition) is 4. The summed E-state index contributed by atoms with van der Waals surface area (Å²) in [4.78, 5) is 8.60. The van der Waals surface area contributed by atoms with Crippen molar-refractivity contribution >= 4 is 22.4 Å². The highest BCUT2D eigenvalue weighted by Crippen LogP contribution is 2.23. The SMILES string of the molecule is Nc1ccc2ncnc(NCCC3=CCCCC3)c2c1. The van der Waals surface area contributed by atoms with Crippen molar-refractivity contribution in [3.05, 3.63) is 36.2 Å². The van der Waals surface area contributed by atoms with Gasteiger partial charge in [-0.25, -0.2) is 9.97 Å². The molecule has 0 saturated carbocycles. The number of allylic oxidation sites excluding steroid dienone is 1. The molecule has 0 spiro atoms. The molecule has 0 unspecified atom stereocenters. The minimum Gasteiger partial charge on any atom is -0.399 e. The van der Waals surface area contributed by atoms with E-state index in [2.05, 4.69) is 21.4 Å². The van der Waals surface area contributed by atoms with Crippen LogP contribution in [0.15, 0.2) is 36.2 Å². The fraction of sp³-hybridized carbons (Fsp3) is 0.375. The molecule has 104 valence electrons. The van der Waals surface area contributed by atoms with Gasteiger partial charge in [0, 0.05) is 17.6 Å². The van der Waals surface area contributed by atoms with Gasteiger partial charge >= 0.3 is 0 Å². The van der Waals surface area contributed by atoms with Crippen molar-refractivity contribution in [2.75, 3.05) is 17.6 Å². The molecule has 3 N–H and O–H groups in total. The number of aromatic nitrogens is 2. The summed E-state index contributed by atoms with van der Waals surface area (Å²) in [7, 11) is 0. The van der Waals surface area contributed by atoms with E-state index in [9.17, 15) is 0 Å². The molecule has 3 rings (SSSR count). The molecule has 4 nitrogen and oxygen atoms in total. The predicted molar refractivity (Wildman–Crippen MR) is 83.6 cm³/mol. The average Bonchev–Trinajstić information content (AvgIpc) is 2.49. The van der Waals surface area contributed by atoms with Crippen LogP contribution in [-0.2, 0) is 0 Å². The summed E-state index contributed by atoms with van der Waals surface area (Å²) in [5, 5.41) is 4.41. The first kappa shape index (κ1) is 12.9. The van der Waals surface area contributed by atoms with E-state index in [0.717, 1.165) is 35.4 Å². The first-order valence-electron chi connectivity index (χ1n) is 7.25. The molecule has 1 aliphatic carbocycles. The average molecular weight is 268 g/mol. The van der Waals surface area contributed by atoms with Gasteiger partial charge in [-0.15, -0.1) is 0 Å². The van der Waals surface area contributed by atoms with E-state index >= 15 is 0 Å². The number of nitrogens with two attached hydrogens (primary N) is 1. The summed E-state index contributed by atoms with van der Waals surface area (Å²) in [6.07, 6.45) is 10.2. The number of anilines is 2. The zero-order valence-corrected chi connectivity index (χ0v) is 11.6. The largest absolute Gasteiger partial charge is 0.399 e. The first-order chi connectivity index (χ1) is 9.83. The van der Waals surface area contributed by atoms with Crippen LogP contribution in [-0.4, -0.2) is 16.5 Å². The number of fused-ring (bicyclic) bond motifs is 1. The van der Waals surface area contributed by atoms with Crippen LogP contribution >= 0.6 is 0 Å². The lowest BCUT2D eigenvalue weighted by Crippen LogP contribution is -2.06. The van der Waals surface area contributed by atoms with Crippen molar-refractivity contribution in [1.82, 2.24) is 9.97 Å². The summed E-state index contributed by atoms with van der Waals surface area (Å²) in [6.45, 7) is 0.909. The van der Waals surface area contributed by atoms with Crippen molar-refractivity contribution in [1.29, 1.82) is 0 Å². The lowest BCUT2D eigenvalue weighted by Gasteiger charge is -2.13. The molecule has 0 radical (unpaired) electrons. The summed E-state index contributed by atoms with van der Waals surface area (Å²) in [5.74, 6) is 0.874. The molecule has 0 aliphatic heterocycles. The topological polar surface area (TPSA) is 63.8 Å². The fourth-order valence-corrected chi connectivity index (χ4v) is 2.69. The maximum absolute atomic E-state index is 5.85. The fourth-order valence-electron chi connectivity index (χ4n) is 2.69. The predicted octanol–water partition coefficient (Wildman–Crippen LogP) is 3.51. The molecule has 0 atom stereocenters. The van der Waals surface area contributed by atoms with Crippen molar-refractivity contribution in [2.45, 2.75) is 32.1 Å². The summed E-state index contributed by atoms with van der Waals surface area (Å²) in [5.41, 5.74) is 9.08. The van der Waals surface area contributed by atoms with Crippen LogP contribution in [0.25, 0.3) is 10.9 Å². The monoisotopic (exact) mass is 268 g/mol. The van der Waals surface area contributed by atoms with Crippen LogP contribution in [0.3, 0.4) is 0 Å². The maximum atomic E-state index is 5.85. The zero-order valence-electron chi connectivity index (χ0n) is 11.6. The second kappa shape index (κ2) is 5.90. The van der Waals surface area contributed by atoms with Crippen LogP contribution < -0.4 is 11.1 Å². The highest BCUT2D eigenvalue weighted by Gasteiger charge is 2.06. The number of rotatable bonds is 4. The van der Waals surface area contributed by atoms with Crippen molar-refractivity contribution in [2.24, 2.45) is 0 Å². The summed E-state index contributed by atoms with van der Waals surface area (Å²) in [6, 6.07) is 5.73. The molecule has 2 aromatic rings. The quantitative estimate of drug-likeness (QED) is 0.658. The molecule has 0 amide bonds. The normalized spacial score (nSPS) is 15.1. The Hall–Kier alpha value is -2.10. The van der Waals surface area contributed by atoms with Crippen LogP contribution in [0.2, 0.25) is 0 Å². The number of benzene rings is 1. The van der Waals surface area contributed by atoms with Gasteiger partial charge < -0.3 is 11.1 Å². The lowest BCUT2D eigenvalue weighted by molar-refractivity contribution is 0.679. The van der Waals surface area contributed by atoms with E-state index in [4.69, 9.17) is 5.73 Å². The molecule has 0 fully saturated rings. The molecule has 0 saturated heterocycles. The third-order valence-electron chi connectivity index (χ3n) is 3.78. The molecule has 4 heteroatoms. The smallest absolute Gasteiger partial charge is 0.137 e. The second-order valence-electron chi connectivity index (χ2n) is 5.28. The molecule has 1 aromatic carbocycles. The second-order valence-corrected chi connectivity index (χ2v) is 5.28. The molecular formula is C16H20N4. The van der Waals surface area contributed by atoms with Gasteiger partial charge in [-0.05, 0) is 50.3 Å². The Morgan fingerprint density at radius 1 is 1.20 bits per heavy atom. The van der Waals surface area contributed by atoms with Crippen molar-refractivity contribution < 1.29 is 0 Å². The first-order valence-corrected chi connectivity index (χ1v) is 7.25. The summed E-state index contributed by atoms with van der Waals surface area (Å²) < 4.78 is 0. The molecule has 0 bridgehead atoms. The van der Waals surface area contributed by atoms with Crippen molar-refractivity contribution in [3.63, 3.8) is 0 Å². The molecule has 1 heterocycles. The van der Waals surface area contributed by atoms with Gasteiger partial charge in [-0.3, -0.25) is 0 Å². The van der Waals surface area contributed by atoms with Crippen LogP contribution in [0.4, 0.5) is 11.5 Å². The Balaban J connectivity index is 1.71. The lowest BCUT2D eigenvalue weighted by atomic mass is 9.97. The van der Waals surface area contributed by atoms with Crippen LogP contribution in [0, 0.1) is 0 Å². The van der Waals surface area contributed by atoms with Gasteiger partial charge in [0.05, 0.1) is 5.52 Å². The highest BCUT2D eigenvalue weighted by molar-refractivity contribution is 5.91. The molecular weight excluding hydrogens is 248 g/mol. The Labute approximate surface area is 119 Å². The Morgan fingerprint density at radius 2 is 2.15 bits per heavy atom. The third-order valence-corrected chi connectivity index (χ3v) is 3.78. The van der Waals surface area contributed by atoms with Gasteiger partial charge in [-0.1, -0.05) is 11.6 Å². The van der Waals surface area contributed by atoms with Crippen LogP contribution in [0.5, 0.6) is 0 Å². The third kappa shape index (κ3) is 2.90. The highest BCUT2D eigenvalue weighted by atomic mass is 15.0. The van der Waals surface area contributed by atoms with Gasteiger partial charge in [-0.2, -0.15) is 0 Å². The van der Waals surface area contributed by atoms with E-state index in [0.29, 0.717) is 0 Å². The van der Waals surface area contributed by atoms with Gasteiger partial charge in [0.25, 0.3) is 0 Å². The minimum absolute atomic E-state index is 0.741. The zero-order chi connectivity index (χ0) is 13.8. The van der Waals surface area contributed by atoms with E-state index in [1.54, 1.807) is 11.9 Å². The Kier molecular flexibility index (Phi) is 3.81. The molecule has 1 aliphatic rings.